The molecular formula is C15H20N2O4. The minimum Gasteiger partial charge on any atom is -0.481 e. The molecule has 2 atom stereocenters. The van der Waals surface area contributed by atoms with Crippen molar-refractivity contribution in [3.8, 4) is 0 Å². The number of ether oxygens (including phenoxy) is 1. The monoisotopic (exact) mass is 292 g/mol. The average molecular weight is 292 g/mol. The number of carboxylic acids is 1. The van der Waals surface area contributed by atoms with E-state index in [2.05, 4.69) is 10.6 Å². The third-order valence-electron chi connectivity index (χ3n) is 3.68. The van der Waals surface area contributed by atoms with Gasteiger partial charge in [0.05, 0.1) is 12.5 Å². The molecular weight excluding hydrogens is 272 g/mol. The number of hydrogen-bond donors (Lipinski definition) is 3. The minimum atomic E-state index is -0.787. The molecule has 1 saturated carbocycles. The van der Waals surface area contributed by atoms with Crippen LogP contribution >= 0.6 is 0 Å². The Bertz CT molecular complexity index is 518. The third kappa shape index (κ3) is 4.19. The van der Waals surface area contributed by atoms with Gasteiger partial charge in [0.1, 0.15) is 0 Å². The first-order chi connectivity index (χ1) is 10.1. The maximum Gasteiger partial charge on any atom is 0.319 e. The zero-order valence-electron chi connectivity index (χ0n) is 12.0. The zero-order valence-corrected chi connectivity index (χ0v) is 12.0. The van der Waals surface area contributed by atoms with Crippen molar-refractivity contribution in [2.75, 3.05) is 12.4 Å². The molecule has 2 amide bonds. The van der Waals surface area contributed by atoms with Gasteiger partial charge < -0.3 is 20.5 Å². The summed E-state index contributed by atoms with van der Waals surface area (Å²) < 4.78 is 5.09. The van der Waals surface area contributed by atoms with Crippen molar-refractivity contribution in [3.63, 3.8) is 0 Å². The van der Waals surface area contributed by atoms with E-state index in [1.54, 1.807) is 7.11 Å². The van der Waals surface area contributed by atoms with Gasteiger partial charge in [-0.25, -0.2) is 4.79 Å². The fourth-order valence-electron chi connectivity index (χ4n) is 2.60. The first-order valence-electron chi connectivity index (χ1n) is 6.97. The van der Waals surface area contributed by atoms with E-state index in [-0.39, 0.29) is 18.0 Å². The largest absolute Gasteiger partial charge is 0.481 e. The summed E-state index contributed by atoms with van der Waals surface area (Å²) in [6, 6.07) is 7.02. The van der Waals surface area contributed by atoms with E-state index in [0.29, 0.717) is 31.6 Å². The first kappa shape index (κ1) is 15.3. The Morgan fingerprint density at radius 3 is 2.76 bits per heavy atom. The van der Waals surface area contributed by atoms with Crippen LogP contribution in [0.3, 0.4) is 0 Å². The second kappa shape index (κ2) is 7.08. The molecule has 2 rings (SSSR count). The molecule has 6 nitrogen and oxygen atoms in total. The van der Waals surface area contributed by atoms with Crippen LogP contribution in [0, 0.1) is 5.92 Å². The van der Waals surface area contributed by atoms with Crippen LogP contribution in [0.5, 0.6) is 0 Å². The van der Waals surface area contributed by atoms with Gasteiger partial charge in [0.25, 0.3) is 0 Å². The molecule has 0 spiro atoms. The van der Waals surface area contributed by atoms with Crippen LogP contribution in [0.15, 0.2) is 24.3 Å². The summed E-state index contributed by atoms with van der Waals surface area (Å²) in [5.74, 6) is -1.14. The van der Waals surface area contributed by atoms with Gasteiger partial charge in [0.2, 0.25) is 0 Å². The van der Waals surface area contributed by atoms with Crippen LogP contribution in [0.1, 0.15) is 24.8 Å². The van der Waals surface area contributed by atoms with Gasteiger partial charge in [-0.05, 0) is 25.3 Å². The maximum atomic E-state index is 12.0. The predicted octanol–water partition coefficient (Wildman–Crippen LogP) is 2.21. The normalized spacial score (nSPS) is 21.0. The van der Waals surface area contributed by atoms with Crippen molar-refractivity contribution >= 4 is 17.7 Å². The minimum absolute atomic E-state index is 0.0827. The number of methoxy groups -OCH3 is 1. The topological polar surface area (TPSA) is 87.7 Å². The summed E-state index contributed by atoms with van der Waals surface area (Å²) >= 11 is 0. The summed E-state index contributed by atoms with van der Waals surface area (Å²) in [7, 11) is 1.60. The van der Waals surface area contributed by atoms with Crippen molar-refractivity contribution in [3.05, 3.63) is 29.8 Å². The highest BCUT2D eigenvalue weighted by Gasteiger charge is 2.30. The molecule has 1 aliphatic carbocycles. The summed E-state index contributed by atoms with van der Waals surface area (Å²) in [6.07, 6.45) is 1.80. The fourth-order valence-corrected chi connectivity index (χ4v) is 2.60. The smallest absolute Gasteiger partial charge is 0.319 e. The molecule has 1 aromatic carbocycles. The molecule has 3 N–H and O–H groups in total. The van der Waals surface area contributed by atoms with Crippen LogP contribution in [0.25, 0.3) is 0 Å². The molecule has 1 aromatic rings. The van der Waals surface area contributed by atoms with Crippen LogP contribution in [0.4, 0.5) is 10.5 Å². The number of amides is 2. The highest BCUT2D eigenvalue weighted by Crippen LogP contribution is 2.25. The molecule has 0 aliphatic heterocycles. The van der Waals surface area contributed by atoms with E-state index in [1.807, 2.05) is 24.3 Å². The van der Waals surface area contributed by atoms with E-state index in [1.165, 1.54) is 0 Å². The van der Waals surface area contributed by atoms with Crippen molar-refractivity contribution in [1.29, 1.82) is 0 Å². The van der Waals surface area contributed by atoms with Crippen molar-refractivity contribution in [2.24, 2.45) is 5.92 Å². The van der Waals surface area contributed by atoms with Crippen LogP contribution < -0.4 is 10.6 Å². The van der Waals surface area contributed by atoms with E-state index >= 15 is 0 Å². The Morgan fingerprint density at radius 1 is 1.33 bits per heavy atom. The van der Waals surface area contributed by atoms with Crippen LogP contribution in [0.2, 0.25) is 0 Å². The number of nitrogens with one attached hydrogen (secondary N) is 2. The Balaban J connectivity index is 1.89. The molecule has 0 saturated heterocycles. The van der Waals surface area contributed by atoms with E-state index in [4.69, 9.17) is 9.84 Å². The standard InChI is InChI=1S/C15H20N2O4/c1-21-9-11-4-2-3-5-13(11)17-15(20)16-12-7-6-10(8-12)14(18)19/h2-5,10,12H,6-9H2,1H3,(H,18,19)(H2,16,17,20). The molecule has 1 fully saturated rings. The number of carbonyl (C=O) groups is 2. The molecule has 1 aliphatic rings. The molecule has 0 bridgehead atoms. The number of urea groups is 1. The van der Waals surface area contributed by atoms with E-state index < -0.39 is 5.97 Å². The SMILES string of the molecule is COCc1ccccc1NC(=O)NC1CCC(C(=O)O)C1. The summed E-state index contributed by atoms with van der Waals surface area (Å²) in [4.78, 5) is 22.9. The van der Waals surface area contributed by atoms with Gasteiger partial charge in [0, 0.05) is 24.4 Å². The lowest BCUT2D eigenvalue weighted by molar-refractivity contribution is -0.141. The molecule has 114 valence electrons. The van der Waals surface area contributed by atoms with Gasteiger partial charge >= 0.3 is 12.0 Å². The number of hydrogen-bond acceptors (Lipinski definition) is 3. The highest BCUT2D eigenvalue weighted by atomic mass is 16.5. The molecule has 2 unspecified atom stereocenters. The van der Waals surface area contributed by atoms with Crippen molar-refractivity contribution in [1.82, 2.24) is 5.32 Å². The van der Waals surface area contributed by atoms with E-state index in [9.17, 15) is 9.59 Å². The number of aliphatic carboxylic acids is 1. The summed E-state index contributed by atoms with van der Waals surface area (Å²) in [5, 5.41) is 14.6. The number of carbonyl (C=O) groups excluding carboxylic acids is 1. The van der Waals surface area contributed by atoms with E-state index in [0.717, 1.165) is 5.56 Å². The lowest BCUT2D eigenvalue weighted by atomic mass is 10.1. The third-order valence-corrected chi connectivity index (χ3v) is 3.68. The number of para-hydroxylation sites is 1. The van der Waals surface area contributed by atoms with Gasteiger partial charge in [-0.15, -0.1) is 0 Å². The Morgan fingerprint density at radius 2 is 2.10 bits per heavy atom. The number of anilines is 1. The first-order valence-corrected chi connectivity index (χ1v) is 6.97. The van der Waals surface area contributed by atoms with Crippen molar-refractivity contribution in [2.45, 2.75) is 31.9 Å². The predicted molar refractivity (Wildman–Crippen MR) is 78.1 cm³/mol. The van der Waals surface area contributed by atoms with Crippen LogP contribution in [-0.2, 0) is 16.1 Å². The lowest BCUT2D eigenvalue weighted by Crippen LogP contribution is -2.36. The molecule has 0 radical (unpaired) electrons. The number of benzene rings is 1. The average Bonchev–Trinajstić information content (AvgIpc) is 2.90. The van der Waals surface area contributed by atoms with Gasteiger partial charge in [-0.2, -0.15) is 0 Å². The molecule has 0 aromatic heterocycles. The number of carboxylic acid groups (broad SMARTS) is 1. The Kier molecular flexibility index (Phi) is 5.16. The van der Waals surface area contributed by atoms with Crippen molar-refractivity contribution < 1.29 is 19.4 Å². The Labute approximate surface area is 123 Å². The lowest BCUT2D eigenvalue weighted by Gasteiger charge is -2.15. The maximum absolute atomic E-state index is 12.0. The van der Waals surface area contributed by atoms with Gasteiger partial charge in [-0.1, -0.05) is 18.2 Å². The second-order valence-corrected chi connectivity index (χ2v) is 5.23. The number of rotatable bonds is 5. The molecule has 6 heteroatoms. The summed E-state index contributed by atoms with van der Waals surface area (Å²) in [6.45, 7) is 0.418. The Hall–Kier alpha value is -2.08. The van der Waals surface area contributed by atoms with Gasteiger partial charge in [-0.3, -0.25) is 4.79 Å². The van der Waals surface area contributed by atoms with Gasteiger partial charge in [0.15, 0.2) is 0 Å². The highest BCUT2D eigenvalue weighted by molar-refractivity contribution is 5.90. The summed E-state index contributed by atoms with van der Waals surface area (Å²) in [5.41, 5.74) is 1.59. The van der Waals surface area contributed by atoms with Crippen LogP contribution in [-0.4, -0.2) is 30.3 Å². The second-order valence-electron chi connectivity index (χ2n) is 5.23. The quantitative estimate of drug-likeness (QED) is 0.776. The molecule has 0 heterocycles. The molecule has 21 heavy (non-hydrogen) atoms. The fraction of sp³-hybridized carbons (Fsp3) is 0.467. The zero-order chi connectivity index (χ0) is 15.2.